The second-order valence-corrected chi connectivity index (χ2v) is 4.75. The number of methoxy groups -OCH3 is 2. The molecule has 1 aromatic carbocycles. The van der Waals surface area contributed by atoms with Gasteiger partial charge in [0.05, 0.1) is 32.1 Å². The summed E-state index contributed by atoms with van der Waals surface area (Å²) in [7, 11) is 3.05. The van der Waals surface area contributed by atoms with Crippen LogP contribution in [0, 0.1) is 0 Å². The largest absolute Gasteiger partial charge is 0.497 e. The zero-order valence-corrected chi connectivity index (χ0v) is 13.1. The molecule has 2 aromatic rings. The van der Waals surface area contributed by atoms with Crippen LogP contribution in [-0.4, -0.2) is 24.0 Å². The van der Waals surface area contributed by atoms with Crippen LogP contribution in [0.5, 0.6) is 11.5 Å². The van der Waals surface area contributed by atoms with E-state index < -0.39 is 11.9 Å². The van der Waals surface area contributed by atoms with Crippen molar-refractivity contribution < 1.29 is 22.6 Å². The Morgan fingerprint density at radius 2 is 1.91 bits per heavy atom. The third-order valence-electron chi connectivity index (χ3n) is 3.29. The number of aromatic nitrogens is 2. The topological polar surface area (TPSA) is 48.3 Å². The van der Waals surface area contributed by atoms with Gasteiger partial charge in [0.15, 0.2) is 0 Å². The van der Waals surface area contributed by atoms with Gasteiger partial charge in [-0.1, -0.05) is 0 Å². The first-order chi connectivity index (χ1) is 10.9. The van der Waals surface area contributed by atoms with Crippen LogP contribution < -0.4 is 14.8 Å². The minimum absolute atomic E-state index is 0.138. The van der Waals surface area contributed by atoms with Crippen LogP contribution in [0.4, 0.5) is 18.9 Å². The molecule has 5 nitrogen and oxygen atoms in total. The average molecular weight is 329 g/mol. The van der Waals surface area contributed by atoms with Crippen molar-refractivity contribution in [2.75, 3.05) is 19.5 Å². The number of rotatable bonds is 6. The maximum atomic E-state index is 12.9. The lowest BCUT2D eigenvalue weighted by molar-refractivity contribution is -0.144. The van der Waals surface area contributed by atoms with E-state index in [1.165, 1.54) is 14.2 Å². The summed E-state index contributed by atoms with van der Waals surface area (Å²) in [5.41, 5.74) is 0.157. The van der Waals surface area contributed by atoms with E-state index in [4.69, 9.17) is 9.47 Å². The smallest absolute Gasteiger partial charge is 0.433 e. The molecular formula is C15H18F3N3O2. The number of benzene rings is 1. The van der Waals surface area contributed by atoms with E-state index in [1.54, 1.807) is 25.1 Å². The summed E-state index contributed by atoms with van der Waals surface area (Å²) >= 11 is 0. The molecular weight excluding hydrogens is 311 g/mol. The summed E-state index contributed by atoms with van der Waals surface area (Å²) in [6.45, 7) is 1.90. The van der Waals surface area contributed by atoms with Crippen molar-refractivity contribution in [1.82, 2.24) is 9.78 Å². The highest BCUT2D eigenvalue weighted by atomic mass is 19.4. The standard InChI is InChI=1S/C15H18F3N3O2/c1-4-21-14(15(16,17)18)7-10(20-21)9-19-12-8-11(22-2)5-6-13(12)23-3/h5-8,19H,4,9H2,1-3H3. The Morgan fingerprint density at radius 3 is 2.43 bits per heavy atom. The number of hydrogen-bond donors (Lipinski definition) is 1. The lowest BCUT2D eigenvalue weighted by Crippen LogP contribution is -2.13. The number of ether oxygens (including phenoxy) is 2. The van der Waals surface area contributed by atoms with Gasteiger partial charge in [-0.25, -0.2) is 0 Å². The molecule has 0 saturated carbocycles. The van der Waals surface area contributed by atoms with Gasteiger partial charge in [0.2, 0.25) is 0 Å². The van der Waals surface area contributed by atoms with Crippen LogP contribution >= 0.6 is 0 Å². The molecule has 0 aliphatic heterocycles. The van der Waals surface area contributed by atoms with Gasteiger partial charge in [0.25, 0.3) is 0 Å². The van der Waals surface area contributed by atoms with Crippen LogP contribution in [-0.2, 0) is 19.3 Å². The van der Waals surface area contributed by atoms with E-state index >= 15 is 0 Å². The fraction of sp³-hybridized carbons (Fsp3) is 0.400. The molecule has 0 unspecified atom stereocenters. The van der Waals surface area contributed by atoms with E-state index in [2.05, 4.69) is 10.4 Å². The van der Waals surface area contributed by atoms with Crippen LogP contribution in [0.1, 0.15) is 18.3 Å². The number of aryl methyl sites for hydroxylation is 1. The summed E-state index contributed by atoms with van der Waals surface area (Å²) in [6, 6.07) is 6.20. The number of hydrogen-bond acceptors (Lipinski definition) is 4. The molecule has 0 saturated heterocycles. The van der Waals surface area contributed by atoms with Crippen LogP contribution in [0.25, 0.3) is 0 Å². The van der Waals surface area contributed by atoms with E-state index in [1.807, 2.05) is 0 Å². The lowest BCUT2D eigenvalue weighted by atomic mass is 10.2. The normalized spacial score (nSPS) is 11.4. The minimum atomic E-state index is -4.42. The second kappa shape index (κ2) is 6.80. The molecule has 0 aliphatic carbocycles. The molecule has 1 aromatic heterocycles. The van der Waals surface area contributed by atoms with Gasteiger partial charge in [0.1, 0.15) is 17.2 Å². The minimum Gasteiger partial charge on any atom is -0.497 e. The Labute approximate surface area is 132 Å². The van der Waals surface area contributed by atoms with Crippen molar-refractivity contribution >= 4 is 5.69 Å². The monoisotopic (exact) mass is 329 g/mol. The predicted octanol–water partition coefficient (Wildman–Crippen LogP) is 3.55. The number of anilines is 1. The summed E-state index contributed by atoms with van der Waals surface area (Å²) in [4.78, 5) is 0. The molecule has 0 spiro atoms. The quantitative estimate of drug-likeness (QED) is 0.880. The fourth-order valence-electron chi connectivity index (χ4n) is 2.16. The van der Waals surface area contributed by atoms with E-state index in [-0.39, 0.29) is 13.1 Å². The molecule has 0 amide bonds. The predicted molar refractivity (Wildman–Crippen MR) is 79.8 cm³/mol. The molecule has 8 heteroatoms. The molecule has 126 valence electrons. The summed E-state index contributed by atoms with van der Waals surface area (Å²) in [5.74, 6) is 1.18. The SMILES string of the molecule is CCn1nc(CNc2cc(OC)ccc2OC)cc1C(F)(F)F. The molecule has 0 aliphatic rings. The van der Waals surface area contributed by atoms with Gasteiger partial charge >= 0.3 is 6.18 Å². The molecule has 0 radical (unpaired) electrons. The van der Waals surface area contributed by atoms with Crippen molar-refractivity contribution in [2.45, 2.75) is 26.2 Å². The number of halogens is 3. The fourth-order valence-corrected chi connectivity index (χ4v) is 2.16. The van der Waals surface area contributed by atoms with Crippen molar-refractivity contribution in [2.24, 2.45) is 0 Å². The lowest BCUT2D eigenvalue weighted by Gasteiger charge is -2.11. The van der Waals surface area contributed by atoms with E-state index in [0.717, 1.165) is 10.7 Å². The second-order valence-electron chi connectivity index (χ2n) is 4.75. The van der Waals surface area contributed by atoms with E-state index in [0.29, 0.717) is 22.9 Å². The van der Waals surface area contributed by atoms with Gasteiger partial charge in [-0.2, -0.15) is 18.3 Å². The molecule has 0 atom stereocenters. The van der Waals surface area contributed by atoms with Crippen LogP contribution in [0.2, 0.25) is 0 Å². The summed E-state index contributed by atoms with van der Waals surface area (Å²) in [6.07, 6.45) is -4.42. The molecule has 23 heavy (non-hydrogen) atoms. The van der Waals surface area contributed by atoms with Crippen LogP contribution in [0.3, 0.4) is 0 Å². The first-order valence-electron chi connectivity index (χ1n) is 6.98. The Balaban J connectivity index is 2.20. The van der Waals surface area contributed by atoms with Crippen LogP contribution in [0.15, 0.2) is 24.3 Å². The third-order valence-corrected chi connectivity index (χ3v) is 3.29. The van der Waals surface area contributed by atoms with Gasteiger partial charge in [-0.15, -0.1) is 0 Å². The first kappa shape index (κ1) is 17.0. The Bertz CT molecular complexity index is 668. The molecule has 0 fully saturated rings. The molecule has 1 N–H and O–H groups in total. The van der Waals surface area contributed by atoms with Crippen molar-refractivity contribution in [3.63, 3.8) is 0 Å². The van der Waals surface area contributed by atoms with Gasteiger partial charge in [0, 0.05) is 12.6 Å². The highest BCUT2D eigenvalue weighted by molar-refractivity contribution is 5.59. The Hall–Kier alpha value is -2.38. The third kappa shape index (κ3) is 3.88. The summed E-state index contributed by atoms with van der Waals surface area (Å²) in [5, 5.41) is 6.99. The molecule has 0 bridgehead atoms. The van der Waals surface area contributed by atoms with Gasteiger partial charge in [-0.3, -0.25) is 4.68 Å². The Kier molecular flexibility index (Phi) is 5.02. The molecule has 1 heterocycles. The average Bonchev–Trinajstić information content (AvgIpc) is 2.96. The number of alkyl halides is 3. The van der Waals surface area contributed by atoms with Gasteiger partial charge in [-0.05, 0) is 25.1 Å². The highest BCUT2D eigenvalue weighted by Crippen LogP contribution is 2.31. The first-order valence-corrected chi connectivity index (χ1v) is 6.98. The van der Waals surface area contributed by atoms with E-state index in [9.17, 15) is 13.2 Å². The van der Waals surface area contributed by atoms with Crippen molar-refractivity contribution in [1.29, 1.82) is 0 Å². The van der Waals surface area contributed by atoms with Crippen molar-refractivity contribution in [3.8, 4) is 11.5 Å². The number of nitrogens with zero attached hydrogens (tertiary/aromatic N) is 2. The highest BCUT2D eigenvalue weighted by Gasteiger charge is 2.35. The zero-order valence-electron chi connectivity index (χ0n) is 13.1. The number of nitrogens with one attached hydrogen (secondary N) is 1. The summed E-state index contributed by atoms with van der Waals surface area (Å²) < 4.78 is 50.0. The van der Waals surface area contributed by atoms with Gasteiger partial charge < -0.3 is 14.8 Å². The molecule has 2 rings (SSSR count). The zero-order chi connectivity index (χ0) is 17.0. The van der Waals surface area contributed by atoms with Crippen molar-refractivity contribution in [3.05, 3.63) is 35.7 Å². The maximum Gasteiger partial charge on any atom is 0.433 e. The maximum absolute atomic E-state index is 12.9. The Morgan fingerprint density at radius 1 is 1.17 bits per heavy atom.